The van der Waals surface area contributed by atoms with Gasteiger partial charge in [-0.15, -0.1) is 0 Å². The Kier molecular flexibility index (Phi) is 5.16. The van der Waals surface area contributed by atoms with Crippen LogP contribution in [0.5, 0.6) is 11.5 Å². The van der Waals surface area contributed by atoms with Crippen molar-refractivity contribution >= 4 is 32.8 Å². The quantitative estimate of drug-likeness (QED) is 0.127. The summed E-state index contributed by atoms with van der Waals surface area (Å²) < 4.78 is 262. The van der Waals surface area contributed by atoms with Crippen LogP contribution in [-0.4, -0.2) is 14.1 Å². The van der Waals surface area contributed by atoms with Crippen molar-refractivity contribution in [1.29, 1.82) is 0 Å². The highest BCUT2D eigenvalue weighted by Crippen LogP contribution is 2.49. The first-order valence-electron chi connectivity index (χ1n) is 36.2. The van der Waals surface area contributed by atoms with Gasteiger partial charge >= 0.3 is 0 Å². The van der Waals surface area contributed by atoms with Crippen molar-refractivity contribution in [2.24, 2.45) is 0 Å². The first-order chi connectivity index (χ1) is 45.4. The first kappa shape index (κ1) is 23.3. The van der Waals surface area contributed by atoms with Crippen molar-refractivity contribution in [2.45, 2.75) is 77.2 Å². The van der Waals surface area contributed by atoms with Crippen LogP contribution in [0.1, 0.15) is 115 Å². The molecular weight excluding hydrogens is 865 g/mol. The SMILES string of the molecule is [2H]c1c([2H])c([2H])c2c(c1[2H])-c1cccc(-c3c([2H])c([2H])c4c(c3[2H])C(C([2H])([2H])[2H])(C([2H])([2H])[2H])C([2H])([2H])C([2H])([2H])C4(C([2H])([2H])[2H])C([2H])([2H])[2H])c1-[n+]1[c-]n(-c3cccc(Oc4ccc5c6ccccc6n(-c6cc(C(C)(C)C)ccn6)c5c4)c3)c3cccc(c31)-c1c([2H])c([2H])c([2H])c([2H])c1-2. The molecule has 0 saturated heterocycles. The van der Waals surface area contributed by atoms with Crippen molar-refractivity contribution < 1.29 is 46.3 Å². The standard InChI is InChI=1S/C66H56N4O/c1-64(2,3)43-33-36-67-61(38-43)70-58-27-13-12-23-52(58)53-31-30-46(40-60(53)70)71-45-18-14-17-44(39-45)68-41-69-62-47(42-29-32-56-57(37-42)66(6,7)35-34-65(56,4)5)24-15-25-54(62)50-21-10-8-19-48(50)49-20-9-11-22-51(49)55-26-16-28-59(68)63(55)69/h8-33,36-40H,34-35H2,1-7H3/i4D3,5D3,6D3,7D3,8D,9D,10D,11D,19D,20D,21D,22D,29D,32D,34D2,35D2,37D. The number of para-hydroxylation sites is 3. The summed E-state index contributed by atoms with van der Waals surface area (Å²) in [4.78, 5) is 4.80. The summed E-state index contributed by atoms with van der Waals surface area (Å²) in [6, 6.07) is 21.3. The number of benzene rings is 8. The minimum Gasteiger partial charge on any atom is -0.458 e. The number of nitrogens with zero attached hydrogens (tertiary/aromatic N) is 4. The molecule has 0 unspecified atom stereocenters. The van der Waals surface area contributed by atoms with E-state index in [9.17, 15) is 15.1 Å². The highest BCUT2D eigenvalue weighted by Gasteiger charge is 2.37. The summed E-state index contributed by atoms with van der Waals surface area (Å²) >= 11 is 0. The molecule has 8 aromatic carbocycles. The smallest absolute Gasteiger partial charge is 0.269 e. The van der Waals surface area contributed by atoms with E-state index < -0.39 is 162 Å². The lowest BCUT2D eigenvalue weighted by molar-refractivity contribution is -0.570. The Morgan fingerprint density at radius 1 is 0.620 bits per heavy atom. The van der Waals surface area contributed by atoms with Crippen molar-refractivity contribution in [3.05, 3.63) is 211 Å². The highest BCUT2D eigenvalue weighted by molar-refractivity contribution is 6.09. The average molecular weight is 948 g/mol. The Morgan fingerprint density at radius 3 is 2.04 bits per heavy atom. The molecule has 0 fully saturated rings. The van der Waals surface area contributed by atoms with E-state index in [1.807, 2.05) is 53.1 Å². The third kappa shape index (κ3) is 6.88. The molecule has 0 amide bonds. The van der Waals surface area contributed by atoms with E-state index in [0.29, 0.717) is 11.6 Å². The van der Waals surface area contributed by atoms with E-state index in [1.165, 1.54) is 33.4 Å². The molecule has 4 heterocycles. The third-order valence-corrected chi connectivity index (χ3v) is 13.2. The molecule has 346 valence electrons. The Hall–Kier alpha value is -8.02. The van der Waals surface area contributed by atoms with E-state index in [2.05, 4.69) is 27.1 Å². The number of pyridine rings is 1. The molecular formula is C66H56N4O. The monoisotopic (exact) mass is 948 g/mol. The maximum absolute atomic E-state index is 10.3. The second kappa shape index (κ2) is 15.7. The molecule has 2 aliphatic rings. The van der Waals surface area contributed by atoms with Crippen LogP contribution in [0.4, 0.5) is 0 Å². The number of rotatable bonds is 5. The predicted molar refractivity (Wildman–Crippen MR) is 292 cm³/mol. The van der Waals surface area contributed by atoms with Crippen molar-refractivity contribution in [1.82, 2.24) is 14.1 Å². The number of ether oxygens (including phenoxy) is 1. The zero-order valence-corrected chi connectivity index (χ0v) is 38.2. The molecule has 0 spiro atoms. The molecule has 0 N–H and O–H groups in total. The summed E-state index contributed by atoms with van der Waals surface area (Å²) in [6.07, 6.45) is -4.25. The molecule has 5 nitrogen and oxygen atoms in total. The van der Waals surface area contributed by atoms with Gasteiger partial charge in [-0.3, -0.25) is 13.7 Å². The van der Waals surface area contributed by atoms with Crippen molar-refractivity contribution in [3.63, 3.8) is 0 Å². The van der Waals surface area contributed by atoms with E-state index in [4.69, 9.17) is 31.7 Å². The Morgan fingerprint density at radius 2 is 1.27 bits per heavy atom. The molecule has 0 radical (unpaired) electrons. The summed E-state index contributed by atoms with van der Waals surface area (Å²) in [5, 5.41) is 1.85. The predicted octanol–water partition coefficient (Wildman–Crippen LogP) is 16.6. The largest absolute Gasteiger partial charge is 0.458 e. The number of hydrogen-bond donors (Lipinski definition) is 0. The Labute approximate surface area is 454 Å². The fraction of sp³-hybridized carbons (Fsp3) is 0.182. The maximum atomic E-state index is 10.3. The molecule has 71 heavy (non-hydrogen) atoms. The molecule has 13 rings (SSSR count). The van der Waals surface area contributed by atoms with Crippen LogP contribution in [0.25, 0.3) is 94.5 Å². The Balaban J connectivity index is 1.16. The van der Waals surface area contributed by atoms with Gasteiger partial charge in [0.15, 0.2) is 0 Å². The van der Waals surface area contributed by atoms with E-state index >= 15 is 0 Å². The lowest BCUT2D eigenvalue weighted by Gasteiger charge is -2.42. The second-order valence-electron chi connectivity index (χ2n) is 18.7. The number of imidazole rings is 1. The first-order valence-corrected chi connectivity index (χ1v) is 22.7. The second-order valence-corrected chi connectivity index (χ2v) is 18.7. The van der Waals surface area contributed by atoms with Gasteiger partial charge < -0.3 is 4.74 Å². The van der Waals surface area contributed by atoms with Gasteiger partial charge in [0.25, 0.3) is 6.33 Å². The van der Waals surface area contributed by atoms with Gasteiger partial charge in [0.2, 0.25) is 0 Å². The maximum Gasteiger partial charge on any atom is 0.269 e. The van der Waals surface area contributed by atoms with Crippen LogP contribution in [0.3, 0.4) is 0 Å². The lowest BCUT2D eigenvalue weighted by atomic mass is 9.63. The molecule has 0 atom stereocenters. The zero-order chi connectivity index (χ0) is 71.5. The lowest BCUT2D eigenvalue weighted by Crippen LogP contribution is -2.34. The summed E-state index contributed by atoms with van der Waals surface area (Å²) in [5.74, 6) is 1.30. The minimum absolute atomic E-state index is 0.0564. The van der Waals surface area contributed by atoms with Crippen LogP contribution in [-0.2, 0) is 16.2 Å². The van der Waals surface area contributed by atoms with Gasteiger partial charge in [-0.05, 0) is 139 Å². The van der Waals surface area contributed by atoms with Crippen molar-refractivity contribution in [3.8, 4) is 73.2 Å². The van der Waals surface area contributed by atoms with Crippen LogP contribution in [0.2, 0.25) is 0 Å². The van der Waals surface area contributed by atoms with Crippen LogP contribution in [0, 0.1) is 6.33 Å². The van der Waals surface area contributed by atoms with Gasteiger partial charge in [-0.2, -0.15) is 0 Å². The molecule has 5 heteroatoms. The topological polar surface area (TPSA) is 35.9 Å². The fourth-order valence-electron chi connectivity index (χ4n) is 9.81. The van der Waals surface area contributed by atoms with Gasteiger partial charge in [0.05, 0.1) is 48.5 Å². The number of aromatic nitrogens is 4. The summed E-state index contributed by atoms with van der Waals surface area (Å²) in [6.45, 7) is -11.2. The zero-order valence-electron chi connectivity index (χ0n) is 65.2. The number of fused-ring (bicyclic) bond motifs is 11. The Bertz CT molecular complexity index is 5250. The molecule has 3 aromatic heterocycles. The molecule has 1 aliphatic carbocycles. The number of hydrogen-bond acceptors (Lipinski definition) is 2. The molecule has 0 saturated carbocycles. The van der Waals surface area contributed by atoms with Gasteiger partial charge in [0.1, 0.15) is 17.3 Å². The van der Waals surface area contributed by atoms with Crippen LogP contribution >= 0.6 is 0 Å². The third-order valence-electron chi connectivity index (χ3n) is 13.2. The van der Waals surface area contributed by atoms with Gasteiger partial charge in [-0.25, -0.2) is 4.98 Å². The normalized spacial score (nSPS) is 22.2. The van der Waals surface area contributed by atoms with Crippen molar-refractivity contribution in [2.75, 3.05) is 0 Å². The summed E-state index contributed by atoms with van der Waals surface area (Å²) in [7, 11) is 0. The molecule has 0 bridgehead atoms. The molecule has 1 aliphatic heterocycles. The van der Waals surface area contributed by atoms with Crippen LogP contribution in [0.15, 0.2) is 188 Å². The average Bonchev–Trinajstić information content (AvgIpc) is 0.750. The van der Waals surface area contributed by atoms with E-state index in [-0.39, 0.29) is 44.6 Å². The highest BCUT2D eigenvalue weighted by atomic mass is 16.5. The van der Waals surface area contributed by atoms with E-state index in [0.717, 1.165) is 33.4 Å². The van der Waals surface area contributed by atoms with Crippen LogP contribution < -0.4 is 9.30 Å². The van der Waals surface area contributed by atoms with Gasteiger partial charge in [-0.1, -0.05) is 175 Å². The van der Waals surface area contributed by atoms with E-state index in [1.54, 1.807) is 42.6 Å². The fourth-order valence-corrected chi connectivity index (χ4v) is 9.81. The molecule has 11 aromatic rings. The summed E-state index contributed by atoms with van der Waals surface area (Å²) in [5.41, 5.74) is -13.7. The minimum atomic E-state index is -4.67. The van der Waals surface area contributed by atoms with Gasteiger partial charge in [0, 0.05) is 45.0 Å².